The third-order valence-electron chi connectivity index (χ3n) is 3.23. The molecule has 0 spiro atoms. The number of primary amides is 1. The summed E-state index contributed by atoms with van der Waals surface area (Å²) >= 11 is 0. The van der Waals surface area contributed by atoms with E-state index in [1.165, 1.54) is 0 Å². The molecule has 0 bridgehead atoms. The summed E-state index contributed by atoms with van der Waals surface area (Å²) in [5.74, 6) is 1.29. The molecule has 1 amide bonds. The molecule has 1 atom stereocenters. The number of hydrogen-bond acceptors (Lipinski definition) is 3. The minimum Gasteiger partial charge on any atom is -0.457 e. The number of hydrogen-bond donors (Lipinski definition) is 2. The van der Waals surface area contributed by atoms with E-state index in [1.807, 2.05) is 54.6 Å². The van der Waals surface area contributed by atoms with Crippen LogP contribution in [0, 0.1) is 0 Å². The molecule has 0 aromatic heterocycles. The number of carbonyl (C=O) groups excluding carboxylic acids is 1. The SMILES string of the molecule is NC(=O)CCCC(N)c1ccc(Oc2ccccc2)cc1. The second-order valence-electron chi connectivity index (χ2n) is 4.95. The van der Waals surface area contributed by atoms with E-state index in [0.717, 1.165) is 23.5 Å². The largest absolute Gasteiger partial charge is 0.457 e. The van der Waals surface area contributed by atoms with Crippen molar-refractivity contribution in [2.24, 2.45) is 11.5 Å². The van der Waals surface area contributed by atoms with Crippen molar-refractivity contribution in [3.8, 4) is 11.5 Å². The Hall–Kier alpha value is -2.33. The van der Waals surface area contributed by atoms with Gasteiger partial charge in [0.1, 0.15) is 11.5 Å². The summed E-state index contributed by atoms with van der Waals surface area (Å²) in [4.78, 5) is 10.7. The maximum absolute atomic E-state index is 10.7. The van der Waals surface area contributed by atoms with Gasteiger partial charge in [0.15, 0.2) is 0 Å². The van der Waals surface area contributed by atoms with Crippen molar-refractivity contribution < 1.29 is 9.53 Å². The van der Waals surface area contributed by atoms with E-state index in [1.54, 1.807) is 0 Å². The summed E-state index contributed by atoms with van der Waals surface area (Å²) in [5, 5.41) is 0. The van der Waals surface area contributed by atoms with Crippen molar-refractivity contribution >= 4 is 5.91 Å². The van der Waals surface area contributed by atoms with Gasteiger partial charge in [0, 0.05) is 12.5 Å². The molecule has 4 heteroatoms. The van der Waals surface area contributed by atoms with Crippen molar-refractivity contribution in [3.05, 3.63) is 60.2 Å². The van der Waals surface area contributed by atoms with Gasteiger partial charge in [-0.25, -0.2) is 0 Å². The molecule has 0 saturated carbocycles. The fraction of sp³-hybridized carbons (Fsp3) is 0.235. The van der Waals surface area contributed by atoms with Gasteiger partial charge < -0.3 is 16.2 Å². The molecule has 0 radical (unpaired) electrons. The third kappa shape index (κ3) is 4.93. The minimum atomic E-state index is -0.284. The molecule has 0 saturated heterocycles. The van der Waals surface area contributed by atoms with E-state index >= 15 is 0 Å². The monoisotopic (exact) mass is 284 g/mol. The Bertz CT molecular complexity index is 567. The van der Waals surface area contributed by atoms with Crippen LogP contribution < -0.4 is 16.2 Å². The van der Waals surface area contributed by atoms with Crippen LogP contribution in [0.5, 0.6) is 11.5 Å². The van der Waals surface area contributed by atoms with Gasteiger partial charge in [-0.15, -0.1) is 0 Å². The van der Waals surface area contributed by atoms with Crippen molar-refractivity contribution in [2.45, 2.75) is 25.3 Å². The number of benzene rings is 2. The number of para-hydroxylation sites is 1. The normalized spacial score (nSPS) is 11.9. The predicted octanol–water partition coefficient (Wildman–Crippen LogP) is 3.13. The summed E-state index contributed by atoms with van der Waals surface area (Å²) in [6.45, 7) is 0. The van der Waals surface area contributed by atoms with Crippen LogP contribution in [0.3, 0.4) is 0 Å². The van der Waals surface area contributed by atoms with Crippen LogP contribution in [0.1, 0.15) is 30.9 Å². The molecular formula is C17H20N2O2. The van der Waals surface area contributed by atoms with Crippen molar-refractivity contribution in [1.82, 2.24) is 0 Å². The highest BCUT2D eigenvalue weighted by Gasteiger charge is 2.07. The first-order valence-corrected chi connectivity index (χ1v) is 7.02. The zero-order valence-corrected chi connectivity index (χ0v) is 11.9. The Morgan fingerprint density at radius 1 is 1.00 bits per heavy atom. The van der Waals surface area contributed by atoms with Crippen LogP contribution in [-0.2, 0) is 4.79 Å². The highest BCUT2D eigenvalue weighted by molar-refractivity contribution is 5.73. The van der Waals surface area contributed by atoms with Crippen molar-refractivity contribution in [3.63, 3.8) is 0 Å². The molecule has 0 fully saturated rings. The first-order chi connectivity index (χ1) is 10.1. The lowest BCUT2D eigenvalue weighted by molar-refractivity contribution is -0.118. The van der Waals surface area contributed by atoms with Gasteiger partial charge in [0.25, 0.3) is 0 Å². The van der Waals surface area contributed by atoms with Gasteiger partial charge >= 0.3 is 0 Å². The number of amides is 1. The van der Waals surface area contributed by atoms with Crippen LogP contribution in [0.25, 0.3) is 0 Å². The highest BCUT2D eigenvalue weighted by atomic mass is 16.5. The Balaban J connectivity index is 1.90. The maximum atomic E-state index is 10.7. The van der Waals surface area contributed by atoms with Crippen LogP contribution >= 0.6 is 0 Å². The molecule has 4 N–H and O–H groups in total. The van der Waals surface area contributed by atoms with Crippen LogP contribution in [0.2, 0.25) is 0 Å². The summed E-state index contributed by atoms with van der Waals surface area (Å²) in [6, 6.07) is 17.2. The van der Waals surface area contributed by atoms with Gasteiger partial charge in [0.2, 0.25) is 5.91 Å². The molecular weight excluding hydrogens is 264 g/mol. The Kier molecular flexibility index (Phi) is 5.35. The first kappa shape index (κ1) is 15.1. The standard InChI is InChI=1S/C17H20N2O2/c18-16(7-4-8-17(19)20)13-9-11-15(12-10-13)21-14-5-2-1-3-6-14/h1-3,5-6,9-12,16H,4,7-8,18H2,(H2,19,20). The average molecular weight is 284 g/mol. The molecule has 4 nitrogen and oxygen atoms in total. The first-order valence-electron chi connectivity index (χ1n) is 7.02. The van der Waals surface area contributed by atoms with E-state index in [9.17, 15) is 4.79 Å². The van der Waals surface area contributed by atoms with Gasteiger partial charge in [-0.05, 0) is 42.7 Å². The van der Waals surface area contributed by atoms with E-state index in [-0.39, 0.29) is 11.9 Å². The summed E-state index contributed by atoms with van der Waals surface area (Å²) < 4.78 is 5.72. The molecule has 2 rings (SSSR count). The number of ether oxygens (including phenoxy) is 1. The van der Waals surface area contributed by atoms with Crippen molar-refractivity contribution in [1.29, 1.82) is 0 Å². The molecule has 1 unspecified atom stereocenters. The predicted molar refractivity (Wildman–Crippen MR) is 82.9 cm³/mol. The smallest absolute Gasteiger partial charge is 0.217 e. The zero-order chi connectivity index (χ0) is 15.1. The fourth-order valence-electron chi connectivity index (χ4n) is 2.07. The van der Waals surface area contributed by atoms with Crippen molar-refractivity contribution in [2.75, 3.05) is 0 Å². The van der Waals surface area contributed by atoms with Gasteiger partial charge in [-0.2, -0.15) is 0 Å². The fourth-order valence-corrected chi connectivity index (χ4v) is 2.07. The zero-order valence-electron chi connectivity index (χ0n) is 11.9. The van der Waals surface area contributed by atoms with E-state index in [0.29, 0.717) is 12.8 Å². The van der Waals surface area contributed by atoms with E-state index in [2.05, 4.69) is 0 Å². The van der Waals surface area contributed by atoms with Crippen LogP contribution in [0.15, 0.2) is 54.6 Å². The number of rotatable bonds is 7. The van der Waals surface area contributed by atoms with Crippen LogP contribution in [-0.4, -0.2) is 5.91 Å². The molecule has 0 heterocycles. The lowest BCUT2D eigenvalue weighted by Crippen LogP contribution is -2.13. The molecule has 2 aromatic carbocycles. The Labute approximate surface area is 124 Å². The average Bonchev–Trinajstić information content (AvgIpc) is 2.48. The third-order valence-corrected chi connectivity index (χ3v) is 3.23. The lowest BCUT2D eigenvalue weighted by Gasteiger charge is -2.12. The Morgan fingerprint density at radius 2 is 1.62 bits per heavy atom. The summed E-state index contributed by atoms with van der Waals surface area (Å²) in [6.07, 6.45) is 1.82. The number of nitrogens with two attached hydrogens (primary N) is 2. The molecule has 21 heavy (non-hydrogen) atoms. The highest BCUT2D eigenvalue weighted by Crippen LogP contribution is 2.24. The molecule has 0 aliphatic rings. The van der Waals surface area contributed by atoms with E-state index < -0.39 is 0 Å². The van der Waals surface area contributed by atoms with E-state index in [4.69, 9.17) is 16.2 Å². The van der Waals surface area contributed by atoms with Gasteiger partial charge in [-0.3, -0.25) is 4.79 Å². The Morgan fingerprint density at radius 3 is 2.24 bits per heavy atom. The lowest BCUT2D eigenvalue weighted by atomic mass is 10.0. The molecule has 110 valence electrons. The second kappa shape index (κ2) is 7.45. The maximum Gasteiger partial charge on any atom is 0.217 e. The molecule has 0 aliphatic heterocycles. The summed E-state index contributed by atoms with van der Waals surface area (Å²) in [5.41, 5.74) is 12.2. The second-order valence-corrected chi connectivity index (χ2v) is 4.95. The molecule has 0 aliphatic carbocycles. The minimum absolute atomic E-state index is 0.0878. The van der Waals surface area contributed by atoms with Crippen LogP contribution in [0.4, 0.5) is 0 Å². The topological polar surface area (TPSA) is 78.3 Å². The quantitative estimate of drug-likeness (QED) is 0.819. The number of carbonyl (C=O) groups is 1. The van der Waals surface area contributed by atoms with Gasteiger partial charge in [-0.1, -0.05) is 30.3 Å². The molecule has 2 aromatic rings. The van der Waals surface area contributed by atoms with Gasteiger partial charge in [0.05, 0.1) is 0 Å². The summed E-state index contributed by atoms with van der Waals surface area (Å²) in [7, 11) is 0.